The second-order valence-corrected chi connectivity index (χ2v) is 36.8. The van der Waals surface area contributed by atoms with Crippen molar-refractivity contribution < 1.29 is 103 Å². The SMILES string of the molecule is COc1ccc(CC(=O)C[C@@H]2[C@H]3Oc4ccc(Oc5ccnc6c5CCC(=O)N6)cc4[C@@H]23)cc1C(F)(F)F.Cc1ccc(CC(=O)C[C@@H]2[C@H]3Oc4ccc(Oc5ccnc6c5CCC(=O)N6)cc4[C@@H]23)c(F)c1.Cc1ccc(F)c(CC(=O)C[C@@H]2[C@H]3Oc4ccc(Oc5ccnc6c5CCC(=O)N6)cc4[C@@H]23)c1.O=C(Cc1ccccn1)C[C@@H]1[C@H]2Oc3ccc(Oc4ccnc5c4CCC(=O)N5)cc3[C@@H]12. The van der Waals surface area contributed by atoms with E-state index >= 15 is 0 Å². The van der Waals surface area contributed by atoms with Crippen LogP contribution in [0.4, 0.5) is 45.2 Å². The molecule has 0 spiro atoms. The van der Waals surface area contributed by atoms with Crippen LogP contribution in [0.3, 0.4) is 0 Å². The van der Waals surface area contributed by atoms with Gasteiger partial charge in [-0.15, -0.1) is 0 Å². The number of aryl methyl sites for hydroxylation is 2. The molecule has 4 amide bonds. The van der Waals surface area contributed by atoms with Crippen LogP contribution in [0.2, 0.25) is 0 Å². The van der Waals surface area contributed by atoms with E-state index in [-0.39, 0.29) is 162 Å². The molecule has 31 heteroatoms. The highest BCUT2D eigenvalue weighted by atomic mass is 19.4. The Hall–Kier alpha value is -15.3. The van der Waals surface area contributed by atoms with Crippen molar-refractivity contribution in [2.75, 3.05) is 28.4 Å². The van der Waals surface area contributed by atoms with Crippen LogP contribution in [0.15, 0.2) is 201 Å². The second-order valence-electron chi connectivity index (χ2n) is 36.8. The van der Waals surface area contributed by atoms with Gasteiger partial charge in [0.05, 0.1) is 12.7 Å². The molecule has 24 rings (SSSR count). The third kappa shape index (κ3) is 18.8. The summed E-state index contributed by atoms with van der Waals surface area (Å²) >= 11 is 0. The largest absolute Gasteiger partial charge is 0.496 e. The predicted molar refractivity (Wildman–Crippen MR) is 491 cm³/mol. The van der Waals surface area contributed by atoms with Crippen molar-refractivity contribution in [3.8, 4) is 74.7 Å². The molecular formula is C107H90F5N9O17. The first kappa shape index (κ1) is 89.2. The molecule has 12 atom stereocenters. The van der Waals surface area contributed by atoms with E-state index in [1.54, 1.807) is 73.4 Å². The molecule has 4 fully saturated rings. The Bertz CT molecular complexity index is 7000. The molecule has 4 saturated carbocycles. The molecule has 5 aromatic heterocycles. The van der Waals surface area contributed by atoms with E-state index in [1.807, 2.05) is 111 Å². The number of halogens is 5. The van der Waals surface area contributed by atoms with Gasteiger partial charge in [-0.3, -0.25) is 43.3 Å². The molecule has 12 aromatic rings. The summed E-state index contributed by atoms with van der Waals surface area (Å²) in [5.74, 6) is 10.6. The number of fused-ring (bicyclic) bond motifs is 16. The molecule has 700 valence electrons. The topological polar surface area (TPSA) is 332 Å². The molecule has 4 N–H and O–H groups in total. The smallest absolute Gasteiger partial charge is 0.419 e. The summed E-state index contributed by atoms with van der Waals surface area (Å²) in [5.41, 5.74) is 10.5. The van der Waals surface area contributed by atoms with E-state index in [4.69, 9.17) is 42.6 Å². The number of carbonyl (C=O) groups is 8. The number of rotatable bonds is 25. The number of ketones is 4. The number of nitrogens with one attached hydrogen (secondary N) is 4. The van der Waals surface area contributed by atoms with Crippen molar-refractivity contribution in [3.63, 3.8) is 0 Å². The lowest BCUT2D eigenvalue weighted by Gasteiger charge is -2.19. The van der Waals surface area contributed by atoms with Crippen molar-refractivity contribution in [1.29, 1.82) is 0 Å². The zero-order chi connectivity index (χ0) is 95.1. The number of methoxy groups -OCH3 is 1. The molecule has 12 aliphatic rings. The molecule has 0 radical (unpaired) electrons. The second kappa shape index (κ2) is 36.7. The van der Waals surface area contributed by atoms with Crippen LogP contribution in [-0.2, 0) is 95.9 Å². The summed E-state index contributed by atoms with van der Waals surface area (Å²) in [6.07, 6.45) is 9.28. The van der Waals surface area contributed by atoms with Crippen molar-refractivity contribution in [3.05, 3.63) is 296 Å². The number of alkyl halides is 3. The summed E-state index contributed by atoms with van der Waals surface area (Å²) < 4.78 is 122. The van der Waals surface area contributed by atoms with Crippen LogP contribution in [0, 0.1) is 49.2 Å². The fourth-order valence-corrected chi connectivity index (χ4v) is 20.4. The molecule has 0 saturated heterocycles. The summed E-state index contributed by atoms with van der Waals surface area (Å²) in [7, 11) is 1.18. The maximum Gasteiger partial charge on any atom is 0.419 e. The van der Waals surface area contributed by atoms with Crippen LogP contribution in [0.1, 0.15) is 159 Å². The van der Waals surface area contributed by atoms with Gasteiger partial charge in [0.2, 0.25) is 23.6 Å². The monoisotopic (exact) mass is 1870 g/mol. The first-order valence-electron chi connectivity index (χ1n) is 46.0. The van der Waals surface area contributed by atoms with Crippen molar-refractivity contribution in [2.24, 2.45) is 23.7 Å². The minimum Gasteiger partial charge on any atom is -0.496 e. The summed E-state index contributed by atoms with van der Waals surface area (Å²) in [6.45, 7) is 3.72. The fourth-order valence-electron chi connectivity index (χ4n) is 20.4. The van der Waals surface area contributed by atoms with Crippen molar-refractivity contribution in [2.45, 2.75) is 171 Å². The van der Waals surface area contributed by atoms with E-state index in [0.29, 0.717) is 163 Å². The third-order valence-electron chi connectivity index (χ3n) is 27.3. The number of benzene rings is 7. The normalized spacial score (nSPS) is 21.5. The Labute approximate surface area is 787 Å². The minimum absolute atomic E-state index is 0.0130. The van der Waals surface area contributed by atoms with Crippen LogP contribution in [0.5, 0.6) is 74.7 Å². The van der Waals surface area contributed by atoms with E-state index < -0.39 is 11.7 Å². The summed E-state index contributed by atoms with van der Waals surface area (Å²) in [4.78, 5) is 118. The van der Waals surface area contributed by atoms with Gasteiger partial charge in [-0.2, -0.15) is 13.2 Å². The quantitative estimate of drug-likeness (QED) is 0.0386. The van der Waals surface area contributed by atoms with Gasteiger partial charge in [0.25, 0.3) is 0 Å². The maximum absolute atomic E-state index is 14.1. The number of aromatic nitrogens is 5. The van der Waals surface area contributed by atoms with Gasteiger partial charge >= 0.3 is 6.18 Å². The van der Waals surface area contributed by atoms with Crippen molar-refractivity contribution >= 4 is 70.0 Å². The summed E-state index contributed by atoms with van der Waals surface area (Å²) in [5, 5.41) is 11.1. The Morgan fingerprint density at radius 3 is 1.09 bits per heavy atom. The Kier molecular flexibility index (Phi) is 23.8. The Balaban J connectivity index is 0.000000110. The van der Waals surface area contributed by atoms with E-state index in [2.05, 4.69) is 46.2 Å². The first-order chi connectivity index (χ1) is 66.8. The molecule has 26 nitrogen and oxygen atoms in total. The van der Waals surface area contributed by atoms with Crippen molar-refractivity contribution in [1.82, 2.24) is 24.9 Å². The maximum atomic E-state index is 14.1. The number of anilines is 4. The van der Waals surface area contributed by atoms with Gasteiger partial charge in [0.1, 0.15) is 157 Å². The predicted octanol–water partition coefficient (Wildman–Crippen LogP) is 19.1. The number of amides is 4. The Morgan fingerprint density at radius 2 is 0.725 bits per heavy atom. The molecule has 13 heterocycles. The minimum atomic E-state index is -4.57. The van der Waals surface area contributed by atoms with Gasteiger partial charge in [-0.1, -0.05) is 42.0 Å². The highest BCUT2D eigenvalue weighted by Crippen LogP contribution is 2.65. The first-order valence-corrected chi connectivity index (χ1v) is 46.0. The average molecular weight is 1870 g/mol. The molecular weight excluding hydrogens is 1780 g/mol. The van der Waals surface area contributed by atoms with Crippen LogP contribution in [-0.4, -0.2) is 103 Å². The van der Waals surface area contributed by atoms with Gasteiger partial charge in [-0.05, 0) is 195 Å². The lowest BCUT2D eigenvalue weighted by Crippen LogP contribution is -2.20. The van der Waals surface area contributed by atoms with E-state index in [9.17, 15) is 60.3 Å². The number of carbonyl (C=O) groups excluding carboxylic acids is 8. The van der Waals surface area contributed by atoms with Crippen LogP contribution < -0.4 is 63.9 Å². The number of Topliss-reactive ketones (excluding diaryl/α,β-unsaturated/α-hetero) is 4. The standard InChI is InChI=1S/C28H23F3N2O5.2C27H23FN2O4.C25H21N3O4/c1-36-23-5-2-14(11-20(23)28(29,30)31)10-15(34)12-19-25-18-13-16(3-6-21(18)38-26(19)25)37-22-8-9-32-27-17(22)4-7-24(35)33-27;1-14-2-5-21(28)15(10-14)11-16(31)12-20-25-19-13-17(3-6-22(19)34-26(20)25)33-23-8-9-29-27-18(23)4-7-24(32)30-27;1-14-2-3-15(21(28)10-14)11-16(31)12-20-25-19-13-17(4-6-22(19)34-26(20)25)33-23-8-9-29-27-18(23)5-7-24(32)30-27;29-15(11-14-3-1-2-9-26-14)12-19-23-18-13-16(4-6-20(18)32-24(19)23)31-21-8-10-27-25-17(21)5-7-22(30)28-25/h2-3,5-6,8-9,11,13,19,25-26H,4,7,10,12H2,1H3,(H,32,33,35);2-3,5-6,8-10,13,20,25-26H,4,7,11-12H2,1H3,(H,29,30,32);2-4,6,8-10,13,20,25-26H,5,7,11-12H2,1H3,(H,29,30,32);1-4,6,8-10,13,19,23-24H,5,7,11-12H2,(H,27,28,30)/t19-,25-,26+;2*20-,25-,26+;19-,23-,24+/m0000/s1. The lowest BCUT2D eigenvalue weighted by atomic mass is 10.00. The average Bonchev–Trinajstić information content (AvgIpc) is 1.57. The third-order valence-corrected chi connectivity index (χ3v) is 27.3. The van der Waals surface area contributed by atoms with Gasteiger partial charge in [-0.25, -0.2) is 28.7 Å². The molecule has 4 aliphatic carbocycles. The highest BCUT2D eigenvalue weighted by Gasteiger charge is 2.62. The molecule has 0 bridgehead atoms. The number of nitrogens with zero attached hydrogens (tertiary/aromatic N) is 5. The van der Waals surface area contributed by atoms with Crippen LogP contribution >= 0.6 is 0 Å². The lowest BCUT2D eigenvalue weighted by molar-refractivity contribution is -0.139. The van der Waals surface area contributed by atoms with E-state index in [1.165, 1.54) is 31.4 Å². The summed E-state index contributed by atoms with van der Waals surface area (Å²) in [6, 6.07) is 49.2. The molecule has 7 aromatic carbocycles. The number of pyridine rings is 5. The number of ether oxygens (including phenoxy) is 9. The molecule has 0 unspecified atom stereocenters. The van der Waals surface area contributed by atoms with Gasteiger partial charge in [0.15, 0.2) is 0 Å². The number of hydrogen-bond acceptors (Lipinski definition) is 22. The van der Waals surface area contributed by atoms with Gasteiger partial charge in [0, 0.05) is 206 Å². The van der Waals surface area contributed by atoms with E-state index in [0.717, 1.165) is 90.4 Å². The zero-order valence-corrected chi connectivity index (χ0v) is 74.9. The molecule has 8 aliphatic heterocycles. The molecule has 138 heavy (non-hydrogen) atoms. The highest BCUT2D eigenvalue weighted by molar-refractivity contribution is 5.96. The fraction of sp³-hybridized carbons (Fsp3) is 0.299. The van der Waals surface area contributed by atoms with Gasteiger partial charge < -0.3 is 63.9 Å². The Morgan fingerprint density at radius 1 is 0.362 bits per heavy atom. The zero-order valence-electron chi connectivity index (χ0n) is 74.9. The number of hydrogen-bond donors (Lipinski definition) is 4. The van der Waals surface area contributed by atoms with Crippen LogP contribution in [0.25, 0.3) is 0 Å².